The summed E-state index contributed by atoms with van der Waals surface area (Å²) >= 11 is 0. The zero-order valence-corrected chi connectivity index (χ0v) is 20.4. The van der Waals surface area contributed by atoms with E-state index in [1.165, 1.54) is 0 Å². The van der Waals surface area contributed by atoms with Gasteiger partial charge in [-0.25, -0.2) is 4.79 Å². The van der Waals surface area contributed by atoms with Gasteiger partial charge in [0.1, 0.15) is 12.6 Å². The van der Waals surface area contributed by atoms with Crippen LogP contribution in [0.5, 0.6) is 0 Å². The van der Waals surface area contributed by atoms with Crippen molar-refractivity contribution in [3.8, 4) is 0 Å². The van der Waals surface area contributed by atoms with Crippen molar-refractivity contribution in [2.45, 2.75) is 51.2 Å². The molecule has 0 saturated carbocycles. The highest BCUT2D eigenvalue weighted by molar-refractivity contribution is 5.85. The highest BCUT2D eigenvalue weighted by Crippen LogP contribution is 2.19. The number of ether oxygens (including phenoxy) is 2. The quantitative estimate of drug-likeness (QED) is 0.353. The number of nitrogens with one attached hydrogen (secondary N) is 2. The molecule has 1 aromatic carbocycles. The number of hydrogen-bond acceptors (Lipinski definition) is 7. The molecule has 1 atom stereocenters. The molecule has 10 nitrogen and oxygen atoms in total. The number of carbonyl (C=O) groups excluding carboxylic acids is 2. The lowest BCUT2D eigenvalue weighted by Gasteiger charge is -2.23. The standard InChI is InChI=1S/C24H29F3N6O4/c1-23(2,28)21(34)30-18(15-36-13-16-6-4-3-5-7-16)20-32-31-19-9-8-17(12-33(19)20)14-37-22(35)29-11-10-24(25,26)27/h3-9,12,18H,10-11,13-15,28H2,1-2H3,(H,29,35)(H,30,34)/t18-/m1/s1. The number of fused-ring (bicyclic) bond motifs is 1. The van der Waals surface area contributed by atoms with Gasteiger partial charge in [-0.1, -0.05) is 36.4 Å². The van der Waals surface area contributed by atoms with E-state index in [1.807, 2.05) is 30.3 Å². The van der Waals surface area contributed by atoms with E-state index in [9.17, 15) is 22.8 Å². The Morgan fingerprint density at radius 2 is 1.78 bits per heavy atom. The third kappa shape index (κ3) is 8.72. The van der Waals surface area contributed by atoms with Crippen molar-refractivity contribution in [3.63, 3.8) is 0 Å². The first-order chi connectivity index (χ1) is 17.4. The second-order valence-electron chi connectivity index (χ2n) is 8.94. The number of aromatic nitrogens is 3. The van der Waals surface area contributed by atoms with Gasteiger partial charge in [0.05, 0.1) is 25.2 Å². The number of rotatable bonds is 11. The zero-order chi connectivity index (χ0) is 27.1. The van der Waals surface area contributed by atoms with E-state index < -0.39 is 42.7 Å². The highest BCUT2D eigenvalue weighted by Gasteiger charge is 2.28. The molecule has 2 aromatic heterocycles. The molecule has 2 heterocycles. The van der Waals surface area contributed by atoms with Crippen LogP contribution in [0.4, 0.5) is 18.0 Å². The maximum absolute atomic E-state index is 12.6. The largest absolute Gasteiger partial charge is 0.445 e. The molecule has 0 aliphatic heterocycles. The van der Waals surface area contributed by atoms with Crippen LogP contribution in [-0.2, 0) is 27.5 Å². The maximum Gasteiger partial charge on any atom is 0.407 e. The van der Waals surface area contributed by atoms with Crippen LogP contribution in [0.3, 0.4) is 0 Å². The van der Waals surface area contributed by atoms with E-state index >= 15 is 0 Å². The van der Waals surface area contributed by atoms with Crippen LogP contribution in [0, 0.1) is 0 Å². The Morgan fingerprint density at radius 3 is 2.46 bits per heavy atom. The Labute approximate surface area is 211 Å². The fourth-order valence-corrected chi connectivity index (χ4v) is 3.18. The summed E-state index contributed by atoms with van der Waals surface area (Å²) in [7, 11) is 0. The van der Waals surface area contributed by atoms with E-state index in [-0.39, 0.29) is 13.2 Å². The summed E-state index contributed by atoms with van der Waals surface area (Å²) in [4.78, 5) is 24.4. The highest BCUT2D eigenvalue weighted by atomic mass is 19.4. The summed E-state index contributed by atoms with van der Waals surface area (Å²) in [6.07, 6.45) is -4.90. The molecule has 37 heavy (non-hydrogen) atoms. The third-order valence-electron chi connectivity index (χ3n) is 5.14. The Morgan fingerprint density at radius 1 is 1.05 bits per heavy atom. The summed E-state index contributed by atoms with van der Waals surface area (Å²) < 4.78 is 49.2. The van der Waals surface area contributed by atoms with Crippen LogP contribution in [0.15, 0.2) is 48.7 Å². The van der Waals surface area contributed by atoms with Gasteiger partial charge >= 0.3 is 12.3 Å². The summed E-state index contributed by atoms with van der Waals surface area (Å²) in [5.41, 5.74) is 6.73. The molecule has 0 radical (unpaired) electrons. The molecule has 0 saturated heterocycles. The Balaban J connectivity index is 1.72. The fourth-order valence-electron chi connectivity index (χ4n) is 3.18. The van der Waals surface area contributed by atoms with Crippen molar-refractivity contribution in [1.29, 1.82) is 0 Å². The van der Waals surface area contributed by atoms with E-state index in [0.717, 1.165) is 5.56 Å². The van der Waals surface area contributed by atoms with Gasteiger partial charge in [0, 0.05) is 18.3 Å². The SMILES string of the molecule is CC(C)(N)C(=O)N[C@H](COCc1ccccc1)c1nnc2ccc(COC(=O)NCCC(F)(F)F)cn12. The van der Waals surface area contributed by atoms with Gasteiger partial charge in [0.15, 0.2) is 11.5 Å². The van der Waals surface area contributed by atoms with Gasteiger partial charge < -0.3 is 25.8 Å². The number of pyridine rings is 1. The number of hydrogen-bond donors (Lipinski definition) is 3. The number of carbonyl (C=O) groups is 2. The second-order valence-corrected chi connectivity index (χ2v) is 8.94. The minimum Gasteiger partial charge on any atom is -0.445 e. The van der Waals surface area contributed by atoms with Gasteiger partial charge in [-0.2, -0.15) is 13.2 Å². The van der Waals surface area contributed by atoms with E-state index in [2.05, 4.69) is 20.8 Å². The summed E-state index contributed by atoms with van der Waals surface area (Å²) in [6, 6.07) is 12.1. The van der Waals surface area contributed by atoms with E-state index in [4.69, 9.17) is 15.2 Å². The van der Waals surface area contributed by atoms with Crippen LogP contribution in [-0.4, -0.2) is 51.5 Å². The Kier molecular flexibility index (Phi) is 9.05. The topological polar surface area (TPSA) is 133 Å². The molecule has 0 bridgehead atoms. The zero-order valence-electron chi connectivity index (χ0n) is 20.4. The number of nitrogens with two attached hydrogens (primary N) is 1. The first-order valence-electron chi connectivity index (χ1n) is 11.4. The van der Waals surface area contributed by atoms with E-state index in [1.54, 1.807) is 36.6 Å². The molecule has 0 aliphatic rings. The minimum absolute atomic E-state index is 0.0693. The van der Waals surface area contributed by atoms with Crippen LogP contribution >= 0.6 is 0 Å². The van der Waals surface area contributed by atoms with Crippen LogP contribution in [0.1, 0.15) is 43.3 Å². The summed E-state index contributed by atoms with van der Waals surface area (Å²) in [5.74, 6) is -0.0651. The molecular weight excluding hydrogens is 493 g/mol. The number of alkyl carbamates (subject to hydrolysis) is 1. The Hall–Kier alpha value is -3.71. The molecule has 0 fully saturated rings. The van der Waals surface area contributed by atoms with Gasteiger partial charge in [0.25, 0.3) is 0 Å². The van der Waals surface area contributed by atoms with Crippen LogP contribution in [0.25, 0.3) is 5.65 Å². The van der Waals surface area contributed by atoms with Crippen LogP contribution < -0.4 is 16.4 Å². The lowest BCUT2D eigenvalue weighted by atomic mass is 10.1. The predicted molar refractivity (Wildman–Crippen MR) is 127 cm³/mol. The number of amides is 2. The second kappa shape index (κ2) is 12.0. The summed E-state index contributed by atoms with van der Waals surface area (Å²) in [5, 5.41) is 13.2. The molecule has 3 aromatic rings. The minimum atomic E-state index is -4.38. The maximum atomic E-state index is 12.6. The van der Waals surface area contributed by atoms with Crippen molar-refractivity contribution < 1.29 is 32.2 Å². The molecule has 200 valence electrons. The van der Waals surface area contributed by atoms with Gasteiger partial charge in [0.2, 0.25) is 5.91 Å². The van der Waals surface area contributed by atoms with Crippen molar-refractivity contribution in [2.24, 2.45) is 5.73 Å². The lowest BCUT2D eigenvalue weighted by Crippen LogP contribution is -2.50. The van der Waals surface area contributed by atoms with Gasteiger partial charge in [-0.3, -0.25) is 9.20 Å². The number of benzene rings is 1. The Bertz CT molecular complexity index is 1190. The number of halogens is 3. The fraction of sp³-hybridized carbons (Fsp3) is 0.417. The predicted octanol–water partition coefficient (Wildman–Crippen LogP) is 3.02. The molecular formula is C24H29F3N6O4. The van der Waals surface area contributed by atoms with Crippen molar-refractivity contribution in [3.05, 3.63) is 65.6 Å². The van der Waals surface area contributed by atoms with Gasteiger partial charge in [-0.15, -0.1) is 10.2 Å². The average Bonchev–Trinajstić information content (AvgIpc) is 3.24. The molecule has 0 unspecified atom stereocenters. The van der Waals surface area contributed by atoms with Crippen LogP contribution in [0.2, 0.25) is 0 Å². The van der Waals surface area contributed by atoms with Crippen molar-refractivity contribution in [2.75, 3.05) is 13.2 Å². The molecule has 4 N–H and O–H groups in total. The summed E-state index contributed by atoms with van der Waals surface area (Å²) in [6.45, 7) is 2.72. The van der Waals surface area contributed by atoms with E-state index in [0.29, 0.717) is 23.6 Å². The first kappa shape index (κ1) is 27.9. The molecule has 0 spiro atoms. The smallest absolute Gasteiger partial charge is 0.407 e. The molecule has 13 heteroatoms. The molecule has 0 aliphatic carbocycles. The lowest BCUT2D eigenvalue weighted by molar-refractivity contribution is -0.133. The monoisotopic (exact) mass is 522 g/mol. The van der Waals surface area contributed by atoms with Gasteiger partial charge in [-0.05, 0) is 25.5 Å². The number of nitrogens with zero attached hydrogens (tertiary/aromatic N) is 3. The normalized spacial score (nSPS) is 12.8. The third-order valence-corrected chi connectivity index (χ3v) is 5.14. The average molecular weight is 523 g/mol. The number of alkyl halides is 3. The van der Waals surface area contributed by atoms with Crippen molar-refractivity contribution in [1.82, 2.24) is 25.2 Å². The van der Waals surface area contributed by atoms with Crippen molar-refractivity contribution >= 4 is 17.6 Å². The molecule has 3 rings (SSSR count). The first-order valence-corrected chi connectivity index (χ1v) is 11.4. The molecule has 2 amide bonds.